The number of aryl methyl sites for hydroxylation is 1. The van der Waals surface area contributed by atoms with Crippen molar-refractivity contribution in [2.75, 3.05) is 0 Å². The van der Waals surface area contributed by atoms with Crippen LogP contribution in [0.1, 0.15) is 83.4 Å². The third-order valence-electron chi connectivity index (χ3n) is 9.55. The van der Waals surface area contributed by atoms with Gasteiger partial charge in [0.2, 0.25) is 0 Å². The molecule has 1 nitrogen and oxygen atoms in total. The number of halogens is 2. The Labute approximate surface area is 287 Å². The summed E-state index contributed by atoms with van der Waals surface area (Å²) < 4.78 is 2.93. The fourth-order valence-electron chi connectivity index (χ4n) is 7.51. The van der Waals surface area contributed by atoms with E-state index in [4.69, 9.17) is 0 Å². The normalized spacial score (nSPS) is 18.3. The molecule has 4 aromatic rings. The predicted molar refractivity (Wildman–Crippen MR) is 175 cm³/mol. The van der Waals surface area contributed by atoms with Crippen molar-refractivity contribution in [3.05, 3.63) is 124 Å². The van der Waals surface area contributed by atoms with Crippen LogP contribution in [0.3, 0.4) is 0 Å². The molecule has 221 valence electrons. The van der Waals surface area contributed by atoms with Crippen LogP contribution in [0.4, 0.5) is 0 Å². The molecule has 2 bridgehead atoms. The third kappa shape index (κ3) is 6.30. The molecule has 0 N–H and O–H groups in total. The van der Waals surface area contributed by atoms with Gasteiger partial charge in [0.05, 0.1) is 8.07 Å². The van der Waals surface area contributed by atoms with Crippen LogP contribution in [0.25, 0.3) is 28.1 Å². The smallest absolute Gasteiger partial charge is 1.00 e. The number of aromatic nitrogens is 1. The van der Waals surface area contributed by atoms with Crippen molar-refractivity contribution < 1.29 is 49.5 Å². The fourth-order valence-corrected chi connectivity index (χ4v) is 12.7. The number of rotatable bonds is 7. The van der Waals surface area contributed by atoms with Gasteiger partial charge in [0.15, 0.2) is 0 Å². The number of unbranched alkanes of at least 4 members (excludes halogenated alkanes) is 3. The predicted octanol–water partition coefficient (Wildman–Crippen LogP) is 4.64. The molecule has 2 aliphatic heterocycles. The van der Waals surface area contributed by atoms with Gasteiger partial charge >= 0.3 is 143 Å². The van der Waals surface area contributed by atoms with Crippen LogP contribution >= 0.6 is 0 Å². The number of allylic oxidation sites excluding steroid dienone is 2. The second-order valence-corrected chi connectivity index (χ2v) is 18.7. The summed E-state index contributed by atoms with van der Waals surface area (Å²) in [6.07, 6.45) is 13.6. The molecule has 8 rings (SSSR count). The monoisotopic (exact) mass is 700 g/mol. The summed E-state index contributed by atoms with van der Waals surface area (Å²) in [4.78, 5) is 0. The Morgan fingerprint density at radius 3 is 2.14 bits per heavy atom. The molecule has 1 aromatic heterocycles. The van der Waals surface area contributed by atoms with Crippen LogP contribution in [-0.2, 0) is 31.1 Å². The first-order valence-corrected chi connectivity index (χ1v) is 19.9. The minimum Gasteiger partial charge on any atom is -1.00 e. The molecule has 2 atom stereocenters. The van der Waals surface area contributed by atoms with Crippen molar-refractivity contribution in [2.45, 2.75) is 75.1 Å². The van der Waals surface area contributed by atoms with Crippen molar-refractivity contribution in [3.8, 4) is 16.8 Å². The summed E-state index contributed by atoms with van der Waals surface area (Å²) in [7, 11) is -1.12. The van der Waals surface area contributed by atoms with E-state index in [-0.39, 0.29) is 24.8 Å². The summed E-state index contributed by atoms with van der Waals surface area (Å²) in [5.74, 6) is 0. The van der Waals surface area contributed by atoms with E-state index in [1.165, 1.54) is 76.7 Å². The minimum atomic E-state index is -1.12. The molecule has 4 aliphatic rings. The summed E-state index contributed by atoms with van der Waals surface area (Å²) in [5, 5.41) is 1.72. The Hall–Kier alpha value is -1.90. The van der Waals surface area contributed by atoms with E-state index in [0.717, 1.165) is 5.54 Å². The largest absolute Gasteiger partial charge is 1.00 e. The molecule has 0 fully saturated rings. The summed E-state index contributed by atoms with van der Waals surface area (Å²) in [5.41, 5.74) is 15.5. The first-order chi connectivity index (χ1) is 19.8. The number of benzene rings is 3. The van der Waals surface area contributed by atoms with Crippen LogP contribution in [-0.4, -0.2) is 12.6 Å². The number of para-hydroxylation sites is 1. The maximum Gasteiger partial charge on any atom is -1.00 e. The van der Waals surface area contributed by atoms with Crippen molar-refractivity contribution >= 4 is 19.3 Å². The minimum absolute atomic E-state index is 0. The molecule has 0 amide bonds. The summed E-state index contributed by atoms with van der Waals surface area (Å²) >= 11 is 1.59. The zero-order chi connectivity index (χ0) is 28.7. The Morgan fingerprint density at radius 2 is 1.49 bits per heavy atom. The van der Waals surface area contributed by atoms with Gasteiger partial charge in [-0.1, -0.05) is 55.4 Å². The van der Waals surface area contributed by atoms with Gasteiger partial charge in [-0.2, -0.15) is 0 Å². The Balaban J connectivity index is 0.000000192. The van der Waals surface area contributed by atoms with E-state index in [1.807, 2.05) is 0 Å². The van der Waals surface area contributed by atoms with E-state index >= 15 is 0 Å². The molecule has 0 spiro atoms. The van der Waals surface area contributed by atoms with Crippen LogP contribution in [0.15, 0.2) is 96.3 Å². The van der Waals surface area contributed by atoms with Gasteiger partial charge in [-0.05, 0) is 30.2 Å². The SMILES string of the molecule is CC1=C2c3cn(-c4ccccc4)cc3C1[Si]2(C)C.CCCCCCc1ccc(-c2cccc3c2C=C(C)[CH]3[Zr+2])cc1.[Cl-].[Cl-]. The number of fused-ring (bicyclic) bond motifs is 1. The quantitative estimate of drug-likeness (QED) is 0.196. The van der Waals surface area contributed by atoms with Gasteiger partial charge in [-0.3, -0.25) is 0 Å². The van der Waals surface area contributed by atoms with Gasteiger partial charge in [0, 0.05) is 23.6 Å². The van der Waals surface area contributed by atoms with E-state index in [2.05, 4.69) is 130 Å². The van der Waals surface area contributed by atoms with E-state index in [9.17, 15) is 0 Å². The van der Waals surface area contributed by atoms with Crippen LogP contribution in [0.2, 0.25) is 13.1 Å². The molecule has 2 unspecified atom stereocenters. The van der Waals surface area contributed by atoms with Crippen LogP contribution in [0, 0.1) is 0 Å². The standard InChI is InChI=1S/C22H25.C16H17NSi.2ClH.Zr/c1-3-4-5-6-8-18-11-13-19(14-12-18)21-10-7-9-20-15-17(2)16-22(20)21;1-11-15-13-9-17(12-7-5-4-6-8-12)10-14(13)16(11)18(15,2)3;;;/h7,9-16H,3-6,8H2,1-2H3;4-10,15H,1-3H3;2*1H;/q;;;;+2/p-2. The first-order valence-electron chi connectivity index (χ1n) is 15.4. The second kappa shape index (κ2) is 14.0. The molecule has 2 aliphatic carbocycles. The van der Waals surface area contributed by atoms with Gasteiger partial charge < -0.3 is 29.4 Å². The molecule has 0 saturated heterocycles. The zero-order valence-electron chi connectivity index (χ0n) is 26.1. The van der Waals surface area contributed by atoms with Crippen molar-refractivity contribution in [3.63, 3.8) is 0 Å². The molecule has 3 heterocycles. The fraction of sp³-hybridized carbons (Fsp3) is 0.316. The second-order valence-electron chi connectivity index (χ2n) is 12.7. The van der Waals surface area contributed by atoms with Gasteiger partial charge in [-0.25, -0.2) is 0 Å². The third-order valence-corrected chi connectivity index (χ3v) is 15.6. The molecule has 43 heavy (non-hydrogen) atoms. The maximum absolute atomic E-state index is 2.51. The van der Waals surface area contributed by atoms with Crippen molar-refractivity contribution in [1.29, 1.82) is 0 Å². The average Bonchev–Trinajstić information content (AvgIpc) is 3.66. The maximum atomic E-state index is 2.51. The van der Waals surface area contributed by atoms with Crippen molar-refractivity contribution in [2.24, 2.45) is 0 Å². The van der Waals surface area contributed by atoms with Gasteiger partial charge in [0.25, 0.3) is 0 Å². The summed E-state index contributed by atoms with van der Waals surface area (Å²) in [6.45, 7) is 11.9. The Bertz CT molecular complexity index is 1630. The molecule has 5 heteroatoms. The number of hydrogen-bond acceptors (Lipinski definition) is 0. The number of nitrogens with zero attached hydrogens (tertiary/aromatic N) is 1. The molecule has 3 aromatic carbocycles. The van der Waals surface area contributed by atoms with Crippen LogP contribution in [0.5, 0.6) is 0 Å². The number of hydrogen-bond donors (Lipinski definition) is 0. The first kappa shape index (κ1) is 34.0. The zero-order valence-corrected chi connectivity index (χ0v) is 31.0. The van der Waals surface area contributed by atoms with Gasteiger partial charge in [0.1, 0.15) is 0 Å². The van der Waals surface area contributed by atoms with Crippen molar-refractivity contribution in [1.82, 2.24) is 4.57 Å². The van der Waals surface area contributed by atoms with E-state index in [1.54, 1.807) is 41.1 Å². The Morgan fingerprint density at radius 1 is 0.767 bits per heavy atom. The van der Waals surface area contributed by atoms with Gasteiger partial charge in [-0.15, -0.1) is 0 Å². The molecule has 0 radical (unpaired) electrons. The molecule has 0 saturated carbocycles. The van der Waals surface area contributed by atoms with E-state index in [0.29, 0.717) is 3.63 Å². The molecular formula is C38H42Cl2NSiZr. The molecular weight excluding hydrogens is 661 g/mol. The topological polar surface area (TPSA) is 4.93 Å². The Kier molecular flexibility index (Phi) is 11.1. The average molecular weight is 703 g/mol. The van der Waals surface area contributed by atoms with Crippen LogP contribution < -0.4 is 24.8 Å². The van der Waals surface area contributed by atoms with E-state index < -0.39 is 8.07 Å². The summed E-state index contributed by atoms with van der Waals surface area (Å²) in [6, 6.07) is 26.7.